The zero-order chi connectivity index (χ0) is 13.8. The van der Waals surface area contributed by atoms with E-state index in [1.807, 2.05) is 42.5 Å². The molecular weight excluding hydrogens is 240 g/mol. The molecule has 1 aliphatic heterocycles. The van der Waals surface area contributed by atoms with Crippen LogP contribution in [0.1, 0.15) is 18.4 Å². The van der Waals surface area contributed by atoms with Crippen LogP contribution in [0.15, 0.2) is 35.4 Å². The highest BCUT2D eigenvalue weighted by Crippen LogP contribution is 2.34. The summed E-state index contributed by atoms with van der Waals surface area (Å²) in [6.07, 6.45) is 0. The van der Waals surface area contributed by atoms with Gasteiger partial charge in [0.25, 0.3) is 0 Å². The number of carbonyl (C=O) groups excluding carboxylic acids is 1. The van der Waals surface area contributed by atoms with Crippen LogP contribution in [0.4, 0.5) is 0 Å². The van der Waals surface area contributed by atoms with E-state index in [-0.39, 0.29) is 5.91 Å². The monoisotopic (exact) mass is 252 g/mol. The number of hydrogen-bond donors (Lipinski definition) is 1. The molecule has 0 radical (unpaired) electrons. The third-order valence-electron chi connectivity index (χ3n) is 3.26. The molecule has 2 atom stereocenters. The molecular formula is C14H12N4O. The number of hydrogen-bond acceptors (Lipinski definition) is 4. The molecule has 2 rings (SSSR count). The molecule has 1 N–H and O–H groups in total. The van der Waals surface area contributed by atoms with Gasteiger partial charge in [0.05, 0.1) is 18.1 Å². The molecule has 5 heteroatoms. The van der Waals surface area contributed by atoms with Gasteiger partial charge in [-0.1, -0.05) is 30.3 Å². The maximum atomic E-state index is 11.9. The number of nitrogens with one attached hydrogen (secondary N) is 1. The van der Waals surface area contributed by atoms with E-state index in [4.69, 9.17) is 10.5 Å². The lowest BCUT2D eigenvalue weighted by molar-refractivity contribution is -0.122. The zero-order valence-electron chi connectivity index (χ0n) is 10.4. The molecule has 19 heavy (non-hydrogen) atoms. The van der Waals surface area contributed by atoms with Crippen LogP contribution in [0.5, 0.6) is 0 Å². The van der Waals surface area contributed by atoms with E-state index in [0.717, 1.165) is 5.56 Å². The van der Waals surface area contributed by atoms with Crippen LogP contribution in [0.25, 0.3) is 0 Å². The molecule has 0 aromatic heterocycles. The van der Waals surface area contributed by atoms with Crippen molar-refractivity contribution < 1.29 is 4.79 Å². The second-order valence-electron chi connectivity index (χ2n) is 4.38. The highest BCUT2D eigenvalue weighted by atomic mass is 16.2. The van der Waals surface area contributed by atoms with Crippen molar-refractivity contribution in [2.24, 2.45) is 16.9 Å². The van der Waals surface area contributed by atoms with Gasteiger partial charge < -0.3 is 0 Å². The lowest BCUT2D eigenvalue weighted by atomic mass is 9.76. The van der Waals surface area contributed by atoms with Gasteiger partial charge in [-0.3, -0.25) is 4.79 Å². The van der Waals surface area contributed by atoms with Crippen LogP contribution < -0.4 is 5.43 Å². The molecule has 1 aliphatic rings. The van der Waals surface area contributed by atoms with Crippen LogP contribution in [-0.2, 0) is 4.79 Å². The summed E-state index contributed by atoms with van der Waals surface area (Å²) in [4.78, 5) is 11.9. The van der Waals surface area contributed by atoms with Gasteiger partial charge in [-0.2, -0.15) is 15.6 Å². The van der Waals surface area contributed by atoms with Gasteiger partial charge in [0.2, 0.25) is 5.91 Å². The zero-order valence-corrected chi connectivity index (χ0v) is 10.4. The average molecular weight is 252 g/mol. The van der Waals surface area contributed by atoms with Gasteiger partial charge in [-0.15, -0.1) is 0 Å². The lowest BCUT2D eigenvalue weighted by Crippen LogP contribution is -2.32. The van der Waals surface area contributed by atoms with Crippen LogP contribution in [0.2, 0.25) is 0 Å². The fourth-order valence-corrected chi connectivity index (χ4v) is 2.34. The predicted octanol–water partition coefficient (Wildman–Crippen LogP) is 1.56. The number of carbonyl (C=O) groups is 1. The van der Waals surface area contributed by atoms with E-state index in [9.17, 15) is 4.79 Å². The SMILES string of the molecule is CC1=NNC(=O)[C@H]1[C@H](c1ccccc1)C(C#N)C#N. The third kappa shape index (κ3) is 2.31. The Labute approximate surface area is 111 Å². The highest BCUT2D eigenvalue weighted by Gasteiger charge is 2.40. The van der Waals surface area contributed by atoms with Gasteiger partial charge in [-0.25, -0.2) is 5.43 Å². The Kier molecular flexibility index (Phi) is 3.58. The number of nitrogens with zero attached hydrogens (tertiary/aromatic N) is 3. The third-order valence-corrected chi connectivity index (χ3v) is 3.26. The minimum Gasteiger partial charge on any atom is -0.272 e. The number of hydrazone groups is 1. The minimum atomic E-state index is -0.888. The van der Waals surface area contributed by atoms with Crippen molar-refractivity contribution >= 4 is 11.6 Å². The first-order valence-electron chi connectivity index (χ1n) is 5.87. The van der Waals surface area contributed by atoms with Crippen molar-refractivity contribution in [2.45, 2.75) is 12.8 Å². The maximum absolute atomic E-state index is 11.9. The summed E-state index contributed by atoms with van der Waals surface area (Å²) in [5, 5.41) is 22.2. The van der Waals surface area contributed by atoms with E-state index in [1.54, 1.807) is 6.92 Å². The van der Waals surface area contributed by atoms with E-state index >= 15 is 0 Å². The average Bonchev–Trinajstić information content (AvgIpc) is 2.77. The predicted molar refractivity (Wildman–Crippen MR) is 68.6 cm³/mol. The number of nitriles is 2. The van der Waals surface area contributed by atoms with Gasteiger partial charge in [-0.05, 0) is 12.5 Å². The molecule has 0 fully saturated rings. The maximum Gasteiger partial charge on any atom is 0.249 e. The van der Waals surface area contributed by atoms with Crippen molar-refractivity contribution in [3.8, 4) is 12.1 Å². The molecule has 1 aromatic rings. The largest absolute Gasteiger partial charge is 0.272 e. The molecule has 1 heterocycles. The topological polar surface area (TPSA) is 89.0 Å². The van der Waals surface area contributed by atoms with Crippen molar-refractivity contribution in [1.82, 2.24) is 5.43 Å². The van der Waals surface area contributed by atoms with E-state index < -0.39 is 17.8 Å². The molecule has 0 saturated heterocycles. The van der Waals surface area contributed by atoms with Crippen molar-refractivity contribution in [2.75, 3.05) is 0 Å². The molecule has 94 valence electrons. The lowest BCUT2D eigenvalue weighted by Gasteiger charge is -2.22. The molecule has 0 aliphatic carbocycles. The Morgan fingerprint density at radius 3 is 2.37 bits per heavy atom. The van der Waals surface area contributed by atoms with Crippen molar-refractivity contribution in [1.29, 1.82) is 10.5 Å². The van der Waals surface area contributed by atoms with Crippen molar-refractivity contribution in [3.63, 3.8) is 0 Å². The van der Waals surface area contributed by atoms with Crippen molar-refractivity contribution in [3.05, 3.63) is 35.9 Å². The number of amides is 1. The molecule has 5 nitrogen and oxygen atoms in total. The number of benzene rings is 1. The second kappa shape index (κ2) is 5.32. The quantitative estimate of drug-likeness (QED) is 0.885. The fourth-order valence-electron chi connectivity index (χ4n) is 2.34. The summed E-state index contributed by atoms with van der Waals surface area (Å²) >= 11 is 0. The normalized spacial score (nSPS) is 19.3. The Bertz CT molecular complexity index is 580. The van der Waals surface area contributed by atoms with Gasteiger partial charge in [0.1, 0.15) is 5.92 Å². The first-order chi connectivity index (χ1) is 9.19. The van der Waals surface area contributed by atoms with Crippen LogP contribution in [0, 0.1) is 34.5 Å². The molecule has 1 amide bonds. The van der Waals surface area contributed by atoms with Crippen LogP contribution >= 0.6 is 0 Å². The Balaban J connectivity index is 2.48. The number of rotatable bonds is 3. The molecule has 0 bridgehead atoms. The second-order valence-corrected chi connectivity index (χ2v) is 4.38. The van der Waals surface area contributed by atoms with Crippen LogP contribution in [0.3, 0.4) is 0 Å². The standard InChI is InChI=1S/C14H12N4O/c1-9-12(14(19)18-17-9)13(11(7-15)8-16)10-5-3-2-4-6-10/h2-6,11-13H,1H3,(H,18,19)/t12-,13-/m1/s1. The first kappa shape index (κ1) is 12.8. The Hall–Kier alpha value is -2.66. The summed E-state index contributed by atoms with van der Waals surface area (Å²) in [7, 11) is 0. The van der Waals surface area contributed by atoms with E-state index in [0.29, 0.717) is 5.71 Å². The molecule has 0 unspecified atom stereocenters. The minimum absolute atomic E-state index is 0.262. The van der Waals surface area contributed by atoms with E-state index in [1.165, 1.54) is 0 Å². The molecule has 0 saturated carbocycles. The van der Waals surface area contributed by atoms with E-state index in [2.05, 4.69) is 10.5 Å². The van der Waals surface area contributed by atoms with Gasteiger partial charge in [0.15, 0.2) is 0 Å². The summed E-state index contributed by atoms with van der Waals surface area (Å²) in [5.41, 5.74) is 3.81. The summed E-state index contributed by atoms with van der Waals surface area (Å²) < 4.78 is 0. The molecule has 1 aromatic carbocycles. The smallest absolute Gasteiger partial charge is 0.249 e. The van der Waals surface area contributed by atoms with Crippen LogP contribution in [-0.4, -0.2) is 11.6 Å². The summed E-state index contributed by atoms with van der Waals surface area (Å²) in [6, 6.07) is 13.1. The Morgan fingerprint density at radius 2 is 1.89 bits per heavy atom. The fraction of sp³-hybridized carbons (Fsp3) is 0.286. The Morgan fingerprint density at radius 1 is 1.26 bits per heavy atom. The van der Waals surface area contributed by atoms with Gasteiger partial charge >= 0.3 is 0 Å². The summed E-state index contributed by atoms with van der Waals surface area (Å²) in [5.74, 6) is -2.21. The first-order valence-corrected chi connectivity index (χ1v) is 5.87. The molecule has 0 spiro atoms. The highest BCUT2D eigenvalue weighted by molar-refractivity contribution is 6.07. The summed E-state index contributed by atoms with van der Waals surface area (Å²) in [6.45, 7) is 1.73. The van der Waals surface area contributed by atoms with Gasteiger partial charge in [0, 0.05) is 11.6 Å².